The summed E-state index contributed by atoms with van der Waals surface area (Å²) < 4.78 is 18.8. The number of amides is 1. The van der Waals surface area contributed by atoms with E-state index >= 15 is 0 Å². The summed E-state index contributed by atoms with van der Waals surface area (Å²) >= 11 is 0. The van der Waals surface area contributed by atoms with Gasteiger partial charge >= 0.3 is 0 Å². The number of hydrogen-bond donors (Lipinski definition) is 1. The molecule has 0 fully saturated rings. The van der Waals surface area contributed by atoms with Crippen LogP contribution < -0.4 is 5.73 Å². The lowest BCUT2D eigenvalue weighted by Gasteiger charge is -2.24. The van der Waals surface area contributed by atoms with Gasteiger partial charge in [-0.15, -0.1) is 0 Å². The second-order valence-corrected chi connectivity index (χ2v) is 6.11. The van der Waals surface area contributed by atoms with E-state index in [-0.39, 0.29) is 24.3 Å². The number of nitrogens with two attached hydrogens (primary N) is 1. The molecule has 1 aromatic carbocycles. The van der Waals surface area contributed by atoms with Crippen LogP contribution in [0.15, 0.2) is 22.7 Å². The molecule has 0 spiro atoms. The molecule has 0 radical (unpaired) electrons. The number of benzene rings is 1. The minimum Gasteiger partial charge on any atom is -0.369 e. The number of carbonyl (C=O) groups is 1. The summed E-state index contributed by atoms with van der Waals surface area (Å²) in [6.45, 7) is 6.67. The fourth-order valence-electron chi connectivity index (χ4n) is 2.36. The molecule has 1 aromatic heterocycles. The predicted molar refractivity (Wildman–Crippen MR) is 88.7 cm³/mol. The third-order valence-corrected chi connectivity index (χ3v) is 3.82. The first-order valence-electron chi connectivity index (χ1n) is 7.98. The number of rotatable bonds is 8. The van der Waals surface area contributed by atoms with Crippen LogP contribution in [0, 0.1) is 12.7 Å². The van der Waals surface area contributed by atoms with Crippen molar-refractivity contribution in [2.45, 2.75) is 39.7 Å². The van der Waals surface area contributed by atoms with Gasteiger partial charge in [-0.3, -0.25) is 9.69 Å². The standard InChI is InChI=1S/C17H23FN4O2/c1-11(2)22(10-15(19)23)8-4-5-16-20-17(21-24-16)13-7-6-12(3)14(18)9-13/h6-7,9,11H,4-5,8,10H2,1-3H3,(H2,19,23). The van der Waals surface area contributed by atoms with Gasteiger partial charge in [0, 0.05) is 18.0 Å². The molecule has 0 atom stereocenters. The zero-order valence-corrected chi connectivity index (χ0v) is 14.3. The molecule has 6 nitrogen and oxygen atoms in total. The summed E-state index contributed by atoms with van der Waals surface area (Å²) in [5.74, 6) is 0.235. The Morgan fingerprint density at radius 3 is 2.79 bits per heavy atom. The SMILES string of the molecule is Cc1ccc(-c2noc(CCCN(CC(N)=O)C(C)C)n2)cc1F. The van der Waals surface area contributed by atoms with Gasteiger partial charge in [0.05, 0.1) is 6.54 Å². The van der Waals surface area contributed by atoms with Gasteiger partial charge in [0.2, 0.25) is 17.6 Å². The van der Waals surface area contributed by atoms with E-state index in [1.54, 1.807) is 19.1 Å². The molecule has 0 aliphatic rings. The molecule has 0 saturated carbocycles. The molecule has 2 aromatic rings. The lowest BCUT2D eigenvalue weighted by Crippen LogP contribution is -2.39. The summed E-state index contributed by atoms with van der Waals surface area (Å²) in [5.41, 5.74) is 6.42. The van der Waals surface area contributed by atoms with E-state index in [9.17, 15) is 9.18 Å². The van der Waals surface area contributed by atoms with Crippen LogP contribution in [-0.2, 0) is 11.2 Å². The number of halogens is 1. The average molecular weight is 334 g/mol. The molecule has 2 N–H and O–H groups in total. The number of primary amides is 1. The molecular weight excluding hydrogens is 311 g/mol. The highest BCUT2D eigenvalue weighted by molar-refractivity contribution is 5.75. The molecule has 1 heterocycles. The molecule has 0 aliphatic carbocycles. The molecule has 2 rings (SSSR count). The molecule has 130 valence electrons. The van der Waals surface area contributed by atoms with Gasteiger partial charge in [-0.25, -0.2) is 4.39 Å². The van der Waals surface area contributed by atoms with Gasteiger partial charge in [-0.1, -0.05) is 17.3 Å². The Morgan fingerprint density at radius 2 is 2.17 bits per heavy atom. The van der Waals surface area contributed by atoms with E-state index in [4.69, 9.17) is 10.3 Å². The third kappa shape index (κ3) is 4.86. The highest BCUT2D eigenvalue weighted by Gasteiger charge is 2.14. The summed E-state index contributed by atoms with van der Waals surface area (Å²) in [5, 5.41) is 3.90. The molecule has 0 bridgehead atoms. The Morgan fingerprint density at radius 1 is 1.42 bits per heavy atom. The fourth-order valence-corrected chi connectivity index (χ4v) is 2.36. The monoisotopic (exact) mass is 334 g/mol. The van der Waals surface area contributed by atoms with Gasteiger partial charge in [-0.05, 0) is 45.4 Å². The summed E-state index contributed by atoms with van der Waals surface area (Å²) in [6.07, 6.45) is 1.35. The van der Waals surface area contributed by atoms with E-state index in [1.807, 2.05) is 18.7 Å². The number of aryl methyl sites for hydroxylation is 2. The molecule has 0 unspecified atom stereocenters. The highest BCUT2D eigenvalue weighted by Crippen LogP contribution is 2.19. The van der Waals surface area contributed by atoms with E-state index in [0.29, 0.717) is 35.8 Å². The summed E-state index contributed by atoms with van der Waals surface area (Å²) in [7, 11) is 0. The first-order chi connectivity index (χ1) is 11.4. The Balaban J connectivity index is 1.94. The normalized spacial score (nSPS) is 11.4. The van der Waals surface area contributed by atoms with Crippen LogP contribution in [-0.4, -0.2) is 40.1 Å². The number of nitrogens with zero attached hydrogens (tertiary/aromatic N) is 3. The van der Waals surface area contributed by atoms with Crippen molar-refractivity contribution >= 4 is 5.91 Å². The quantitative estimate of drug-likeness (QED) is 0.801. The fraction of sp³-hybridized carbons (Fsp3) is 0.471. The Hall–Kier alpha value is -2.28. The maximum Gasteiger partial charge on any atom is 0.231 e. The van der Waals surface area contributed by atoms with Crippen molar-refractivity contribution in [1.29, 1.82) is 0 Å². The van der Waals surface area contributed by atoms with Gasteiger partial charge in [0.1, 0.15) is 5.82 Å². The first kappa shape index (κ1) is 18.1. The number of carbonyl (C=O) groups excluding carboxylic acids is 1. The van der Waals surface area contributed by atoms with Gasteiger partial charge < -0.3 is 10.3 Å². The van der Waals surface area contributed by atoms with Crippen LogP contribution in [0.2, 0.25) is 0 Å². The maximum atomic E-state index is 13.6. The van der Waals surface area contributed by atoms with Crippen molar-refractivity contribution in [3.05, 3.63) is 35.5 Å². The molecule has 0 aliphatic heterocycles. The van der Waals surface area contributed by atoms with Gasteiger partial charge in [0.15, 0.2) is 0 Å². The van der Waals surface area contributed by atoms with Crippen molar-refractivity contribution in [1.82, 2.24) is 15.0 Å². The highest BCUT2D eigenvalue weighted by atomic mass is 19.1. The van der Waals surface area contributed by atoms with Crippen molar-refractivity contribution < 1.29 is 13.7 Å². The first-order valence-corrected chi connectivity index (χ1v) is 7.98. The number of hydrogen-bond acceptors (Lipinski definition) is 5. The van der Waals surface area contributed by atoms with Crippen LogP contribution in [0.3, 0.4) is 0 Å². The van der Waals surface area contributed by atoms with Crippen LogP contribution in [0.4, 0.5) is 4.39 Å². The number of aromatic nitrogens is 2. The van der Waals surface area contributed by atoms with Crippen molar-refractivity contribution in [3.8, 4) is 11.4 Å². The van der Waals surface area contributed by atoms with E-state index in [0.717, 1.165) is 6.42 Å². The average Bonchev–Trinajstić information content (AvgIpc) is 2.97. The minimum atomic E-state index is -0.342. The third-order valence-electron chi connectivity index (χ3n) is 3.82. The van der Waals surface area contributed by atoms with Crippen LogP contribution in [0.1, 0.15) is 31.7 Å². The van der Waals surface area contributed by atoms with Crippen LogP contribution >= 0.6 is 0 Å². The van der Waals surface area contributed by atoms with Crippen LogP contribution in [0.5, 0.6) is 0 Å². The van der Waals surface area contributed by atoms with Crippen molar-refractivity contribution in [3.63, 3.8) is 0 Å². The zero-order chi connectivity index (χ0) is 17.7. The van der Waals surface area contributed by atoms with E-state index in [1.165, 1.54) is 6.07 Å². The van der Waals surface area contributed by atoms with Crippen molar-refractivity contribution in [2.75, 3.05) is 13.1 Å². The van der Waals surface area contributed by atoms with E-state index in [2.05, 4.69) is 10.1 Å². The molecule has 0 saturated heterocycles. The zero-order valence-electron chi connectivity index (χ0n) is 14.3. The smallest absolute Gasteiger partial charge is 0.231 e. The Kier molecular flexibility index (Phi) is 6.03. The summed E-state index contributed by atoms with van der Waals surface area (Å²) in [6, 6.07) is 5.08. The largest absolute Gasteiger partial charge is 0.369 e. The molecular formula is C17H23FN4O2. The summed E-state index contributed by atoms with van der Waals surface area (Å²) in [4.78, 5) is 17.4. The minimum absolute atomic E-state index is 0.228. The Labute approximate surface area is 140 Å². The second-order valence-electron chi connectivity index (χ2n) is 6.11. The van der Waals surface area contributed by atoms with Gasteiger partial charge in [0.25, 0.3) is 0 Å². The lowest BCUT2D eigenvalue weighted by molar-refractivity contribution is -0.119. The van der Waals surface area contributed by atoms with Gasteiger partial charge in [-0.2, -0.15) is 4.98 Å². The molecule has 24 heavy (non-hydrogen) atoms. The van der Waals surface area contributed by atoms with Crippen molar-refractivity contribution in [2.24, 2.45) is 5.73 Å². The second kappa shape index (κ2) is 8.01. The topological polar surface area (TPSA) is 85.3 Å². The molecule has 1 amide bonds. The lowest BCUT2D eigenvalue weighted by atomic mass is 10.1. The predicted octanol–water partition coefficient (Wildman–Crippen LogP) is 2.31. The maximum absolute atomic E-state index is 13.6. The Bertz CT molecular complexity index is 700. The van der Waals surface area contributed by atoms with E-state index < -0.39 is 0 Å². The van der Waals surface area contributed by atoms with Crippen LogP contribution in [0.25, 0.3) is 11.4 Å². The molecule has 7 heteroatoms.